The topological polar surface area (TPSA) is 75.7 Å². The number of hydrogen-bond donors (Lipinski definition) is 1. The van der Waals surface area contributed by atoms with E-state index in [1.807, 2.05) is 31.2 Å². The van der Waals surface area contributed by atoms with Crippen molar-refractivity contribution < 1.29 is 17.9 Å². The van der Waals surface area contributed by atoms with E-state index in [0.717, 1.165) is 29.0 Å². The molecule has 8 heteroatoms. The maximum absolute atomic E-state index is 12.5. The van der Waals surface area contributed by atoms with E-state index in [-0.39, 0.29) is 12.3 Å². The SMILES string of the molecule is Cc1cccc(OCCNC(=O)Cc2ccc(S(=O)(=O)N3CCCC3)s2)c1. The largest absolute Gasteiger partial charge is 0.492 e. The molecule has 3 rings (SSSR count). The predicted molar refractivity (Wildman–Crippen MR) is 106 cm³/mol. The van der Waals surface area contributed by atoms with Crippen LogP contribution in [-0.4, -0.2) is 44.9 Å². The summed E-state index contributed by atoms with van der Waals surface area (Å²) in [5.41, 5.74) is 1.12. The number of thiophene rings is 1. The molecule has 0 spiro atoms. The Morgan fingerprint density at radius 2 is 2.00 bits per heavy atom. The van der Waals surface area contributed by atoms with Crippen molar-refractivity contribution in [1.82, 2.24) is 9.62 Å². The number of carbonyl (C=O) groups is 1. The average molecular weight is 409 g/mol. The summed E-state index contributed by atoms with van der Waals surface area (Å²) in [6, 6.07) is 11.1. The lowest BCUT2D eigenvalue weighted by Crippen LogP contribution is -2.29. The summed E-state index contributed by atoms with van der Waals surface area (Å²) in [4.78, 5) is 12.8. The molecule has 1 aliphatic heterocycles. The summed E-state index contributed by atoms with van der Waals surface area (Å²) in [6.07, 6.45) is 1.99. The van der Waals surface area contributed by atoms with Gasteiger partial charge in [0.05, 0.1) is 13.0 Å². The number of hydrogen-bond acceptors (Lipinski definition) is 5. The summed E-state index contributed by atoms with van der Waals surface area (Å²) in [6.45, 7) is 3.94. The van der Waals surface area contributed by atoms with Crippen LogP contribution in [0.25, 0.3) is 0 Å². The van der Waals surface area contributed by atoms with E-state index in [1.165, 1.54) is 15.6 Å². The molecule has 0 bridgehead atoms. The highest BCUT2D eigenvalue weighted by Gasteiger charge is 2.28. The van der Waals surface area contributed by atoms with Gasteiger partial charge in [0, 0.05) is 18.0 Å². The maximum Gasteiger partial charge on any atom is 0.252 e. The zero-order chi connectivity index (χ0) is 19.3. The lowest BCUT2D eigenvalue weighted by Gasteiger charge is -2.13. The maximum atomic E-state index is 12.5. The van der Waals surface area contributed by atoms with Crippen molar-refractivity contribution in [2.45, 2.75) is 30.4 Å². The van der Waals surface area contributed by atoms with Gasteiger partial charge in [-0.2, -0.15) is 4.31 Å². The molecule has 0 saturated carbocycles. The molecule has 1 N–H and O–H groups in total. The highest BCUT2D eigenvalue weighted by atomic mass is 32.2. The number of carbonyl (C=O) groups excluding carboxylic acids is 1. The first-order chi connectivity index (χ1) is 12.9. The van der Waals surface area contributed by atoms with Crippen LogP contribution in [0.2, 0.25) is 0 Å². The predicted octanol–water partition coefficient (Wildman–Crippen LogP) is 2.58. The van der Waals surface area contributed by atoms with Crippen LogP contribution in [0.15, 0.2) is 40.6 Å². The Hall–Kier alpha value is -1.90. The summed E-state index contributed by atoms with van der Waals surface area (Å²) >= 11 is 1.17. The summed E-state index contributed by atoms with van der Waals surface area (Å²) in [5.74, 6) is 0.633. The third-order valence-electron chi connectivity index (χ3n) is 4.31. The fourth-order valence-electron chi connectivity index (χ4n) is 2.93. The molecule has 2 heterocycles. The number of nitrogens with one attached hydrogen (secondary N) is 1. The van der Waals surface area contributed by atoms with E-state index in [1.54, 1.807) is 12.1 Å². The molecule has 1 aliphatic rings. The highest BCUT2D eigenvalue weighted by Crippen LogP contribution is 2.27. The van der Waals surface area contributed by atoms with E-state index < -0.39 is 10.0 Å². The fraction of sp³-hybridized carbons (Fsp3) is 0.421. The average Bonchev–Trinajstić information content (AvgIpc) is 3.31. The zero-order valence-electron chi connectivity index (χ0n) is 15.3. The van der Waals surface area contributed by atoms with E-state index in [2.05, 4.69) is 5.32 Å². The van der Waals surface area contributed by atoms with Crippen LogP contribution in [0, 0.1) is 6.92 Å². The van der Waals surface area contributed by atoms with Crippen molar-refractivity contribution >= 4 is 27.3 Å². The van der Waals surface area contributed by atoms with Gasteiger partial charge >= 0.3 is 0 Å². The van der Waals surface area contributed by atoms with Crippen LogP contribution in [0.3, 0.4) is 0 Å². The second-order valence-corrected chi connectivity index (χ2v) is 9.86. The van der Waals surface area contributed by atoms with Crippen LogP contribution in [0.1, 0.15) is 23.3 Å². The minimum absolute atomic E-state index is 0.144. The second-order valence-electron chi connectivity index (χ2n) is 6.52. The molecule has 1 aromatic heterocycles. The Morgan fingerprint density at radius 1 is 1.22 bits per heavy atom. The lowest BCUT2D eigenvalue weighted by atomic mass is 10.2. The van der Waals surface area contributed by atoms with Crippen molar-refractivity contribution in [3.63, 3.8) is 0 Å². The van der Waals surface area contributed by atoms with E-state index >= 15 is 0 Å². The minimum Gasteiger partial charge on any atom is -0.492 e. The molecular formula is C19H24N2O4S2. The smallest absolute Gasteiger partial charge is 0.252 e. The Balaban J connectivity index is 1.45. The lowest BCUT2D eigenvalue weighted by molar-refractivity contribution is -0.120. The summed E-state index contributed by atoms with van der Waals surface area (Å²) in [5, 5.41) is 2.80. The van der Waals surface area contributed by atoms with E-state index in [9.17, 15) is 13.2 Å². The molecule has 1 fully saturated rings. The Bertz CT molecular complexity index is 887. The summed E-state index contributed by atoms with van der Waals surface area (Å²) in [7, 11) is -3.41. The Labute approximate surface area is 164 Å². The molecule has 6 nitrogen and oxygen atoms in total. The number of rotatable bonds is 8. The Kier molecular flexibility index (Phi) is 6.51. The molecule has 0 unspecified atom stereocenters. The highest BCUT2D eigenvalue weighted by molar-refractivity contribution is 7.91. The third kappa shape index (κ3) is 5.31. The zero-order valence-corrected chi connectivity index (χ0v) is 16.9. The molecule has 0 aliphatic carbocycles. The molecular weight excluding hydrogens is 384 g/mol. The minimum atomic E-state index is -3.41. The molecule has 27 heavy (non-hydrogen) atoms. The van der Waals surface area contributed by atoms with Gasteiger partial charge in [-0.3, -0.25) is 4.79 Å². The molecule has 0 radical (unpaired) electrons. The van der Waals surface area contributed by atoms with Gasteiger partial charge in [-0.1, -0.05) is 12.1 Å². The number of amides is 1. The second kappa shape index (κ2) is 8.86. The molecule has 1 amide bonds. The van der Waals surface area contributed by atoms with Crippen LogP contribution in [0.4, 0.5) is 0 Å². The van der Waals surface area contributed by atoms with E-state index in [4.69, 9.17) is 4.74 Å². The molecule has 1 aromatic carbocycles. The quantitative estimate of drug-likeness (QED) is 0.681. The van der Waals surface area contributed by atoms with Gasteiger partial charge < -0.3 is 10.1 Å². The molecule has 146 valence electrons. The van der Waals surface area contributed by atoms with Crippen molar-refractivity contribution in [1.29, 1.82) is 0 Å². The van der Waals surface area contributed by atoms with Crippen LogP contribution in [-0.2, 0) is 21.2 Å². The fourth-order valence-corrected chi connectivity index (χ4v) is 5.96. The van der Waals surface area contributed by atoms with E-state index in [0.29, 0.717) is 30.5 Å². The molecule has 1 saturated heterocycles. The van der Waals surface area contributed by atoms with Crippen molar-refractivity contribution in [3.8, 4) is 5.75 Å². The first kappa shape index (κ1) is 19.9. The first-order valence-electron chi connectivity index (χ1n) is 9.00. The van der Waals surface area contributed by atoms with Gasteiger partial charge in [-0.05, 0) is 49.6 Å². The van der Waals surface area contributed by atoms with Crippen molar-refractivity contribution in [3.05, 3.63) is 46.8 Å². The van der Waals surface area contributed by atoms with Crippen LogP contribution < -0.4 is 10.1 Å². The number of ether oxygens (including phenoxy) is 1. The number of nitrogens with zero attached hydrogens (tertiary/aromatic N) is 1. The van der Waals surface area contributed by atoms with Crippen molar-refractivity contribution in [2.24, 2.45) is 0 Å². The third-order valence-corrected chi connectivity index (χ3v) is 7.76. The molecule has 2 aromatic rings. The van der Waals surface area contributed by atoms with Crippen LogP contribution >= 0.6 is 11.3 Å². The normalized spacial score (nSPS) is 15.0. The van der Waals surface area contributed by atoms with Gasteiger partial charge in [0.1, 0.15) is 16.6 Å². The standard InChI is InChI=1S/C19H24N2O4S2/c1-15-5-4-6-16(13-15)25-12-9-20-18(22)14-17-7-8-19(26-17)27(23,24)21-10-2-3-11-21/h4-8,13H,2-3,9-12,14H2,1H3,(H,20,22). The number of benzene rings is 1. The van der Waals surface area contributed by atoms with Crippen LogP contribution in [0.5, 0.6) is 5.75 Å². The van der Waals surface area contributed by atoms with Gasteiger partial charge in [0.2, 0.25) is 5.91 Å². The van der Waals surface area contributed by atoms with Gasteiger partial charge in [0.15, 0.2) is 0 Å². The van der Waals surface area contributed by atoms with Crippen molar-refractivity contribution in [2.75, 3.05) is 26.2 Å². The first-order valence-corrected chi connectivity index (χ1v) is 11.3. The van der Waals surface area contributed by atoms with Gasteiger partial charge in [0.25, 0.3) is 10.0 Å². The van der Waals surface area contributed by atoms with Gasteiger partial charge in [-0.15, -0.1) is 11.3 Å². The Morgan fingerprint density at radius 3 is 2.74 bits per heavy atom. The summed E-state index contributed by atoms with van der Waals surface area (Å²) < 4.78 is 32.5. The monoisotopic (exact) mass is 408 g/mol. The number of aryl methyl sites for hydroxylation is 1. The number of sulfonamides is 1. The van der Waals surface area contributed by atoms with Gasteiger partial charge in [-0.25, -0.2) is 8.42 Å². The molecule has 0 atom stereocenters.